The minimum atomic E-state index is 0.215. The quantitative estimate of drug-likeness (QED) is 0.164. The molecule has 0 atom stereocenters. The number of para-hydroxylation sites is 1. The molecule has 4 rings (SSSR count). The molecule has 0 heterocycles. The van der Waals surface area contributed by atoms with Crippen LogP contribution >= 0.6 is 0 Å². The third kappa shape index (κ3) is 10.5. The first-order chi connectivity index (χ1) is 20.1. The van der Waals surface area contributed by atoms with Gasteiger partial charge in [0, 0.05) is 32.6 Å². The first-order valence-electron chi connectivity index (χ1n) is 14.6. The molecule has 214 valence electrons. The van der Waals surface area contributed by atoms with Crippen LogP contribution in [0.1, 0.15) is 29.5 Å². The Morgan fingerprint density at radius 3 is 1.95 bits per heavy atom. The van der Waals surface area contributed by atoms with Crippen LogP contribution in [-0.4, -0.2) is 56.0 Å². The lowest BCUT2D eigenvalue weighted by molar-refractivity contribution is -0.131. The van der Waals surface area contributed by atoms with Gasteiger partial charge < -0.3 is 19.9 Å². The summed E-state index contributed by atoms with van der Waals surface area (Å²) in [5.41, 5.74) is 5.98. The average molecular weight is 550 g/mol. The molecule has 0 aliphatic carbocycles. The Balaban J connectivity index is 1.27. The normalized spacial score (nSPS) is 11.0. The zero-order valence-electron chi connectivity index (χ0n) is 24.5. The van der Waals surface area contributed by atoms with Crippen LogP contribution in [0.2, 0.25) is 0 Å². The second kappa shape index (κ2) is 16.4. The van der Waals surface area contributed by atoms with E-state index < -0.39 is 0 Å². The maximum atomic E-state index is 13.2. The molecule has 1 amide bonds. The second-order valence-electron chi connectivity index (χ2n) is 10.7. The van der Waals surface area contributed by atoms with E-state index in [1.165, 1.54) is 22.3 Å². The Labute approximate surface area is 245 Å². The van der Waals surface area contributed by atoms with Crippen molar-refractivity contribution in [2.24, 2.45) is 0 Å². The van der Waals surface area contributed by atoms with Crippen LogP contribution in [0.25, 0.3) is 11.1 Å². The molecular formula is C36H43N3O2. The summed E-state index contributed by atoms with van der Waals surface area (Å²) in [5, 5.41) is 3.44. The highest BCUT2D eigenvalue weighted by molar-refractivity contribution is 5.76. The maximum absolute atomic E-state index is 13.2. The summed E-state index contributed by atoms with van der Waals surface area (Å²) >= 11 is 0. The monoisotopic (exact) mass is 549 g/mol. The summed E-state index contributed by atoms with van der Waals surface area (Å²) in [5.74, 6) is 1.11. The highest BCUT2D eigenvalue weighted by atomic mass is 16.5. The topological polar surface area (TPSA) is 44.8 Å². The molecule has 0 aromatic heterocycles. The molecule has 4 aromatic carbocycles. The van der Waals surface area contributed by atoms with Crippen LogP contribution in [0, 0.1) is 0 Å². The number of carbonyl (C=O) groups excluding carboxylic acids is 1. The number of ether oxygens (including phenoxy) is 1. The maximum Gasteiger partial charge on any atom is 0.223 e. The summed E-state index contributed by atoms with van der Waals surface area (Å²) in [6, 6.07) is 37.5. The van der Waals surface area contributed by atoms with Crippen molar-refractivity contribution in [3.05, 3.63) is 126 Å². The number of rotatable bonds is 16. The van der Waals surface area contributed by atoms with Gasteiger partial charge in [0.15, 0.2) is 0 Å². The van der Waals surface area contributed by atoms with E-state index in [0.29, 0.717) is 19.6 Å². The van der Waals surface area contributed by atoms with Crippen molar-refractivity contribution < 1.29 is 9.53 Å². The summed E-state index contributed by atoms with van der Waals surface area (Å²) in [7, 11) is 4.15. The molecule has 0 spiro atoms. The van der Waals surface area contributed by atoms with Crippen molar-refractivity contribution in [3.63, 3.8) is 0 Å². The highest BCUT2D eigenvalue weighted by Crippen LogP contribution is 2.21. The van der Waals surface area contributed by atoms with Crippen LogP contribution in [0.5, 0.6) is 5.75 Å². The highest BCUT2D eigenvalue weighted by Gasteiger charge is 2.14. The number of nitrogens with zero attached hydrogens (tertiary/aromatic N) is 2. The van der Waals surface area contributed by atoms with Crippen LogP contribution in [-0.2, 0) is 24.3 Å². The van der Waals surface area contributed by atoms with Gasteiger partial charge in [-0.15, -0.1) is 0 Å². The predicted octanol–water partition coefficient (Wildman–Crippen LogP) is 6.44. The predicted molar refractivity (Wildman–Crippen MR) is 169 cm³/mol. The Morgan fingerprint density at radius 2 is 1.32 bits per heavy atom. The van der Waals surface area contributed by atoms with Crippen molar-refractivity contribution >= 4 is 5.91 Å². The Kier molecular flexibility index (Phi) is 12.0. The van der Waals surface area contributed by atoms with Gasteiger partial charge in [-0.3, -0.25) is 4.79 Å². The molecule has 1 N–H and O–H groups in total. The number of benzene rings is 4. The number of hydrogen-bond donors (Lipinski definition) is 1. The molecule has 0 bridgehead atoms. The lowest BCUT2D eigenvalue weighted by atomic mass is 10.0. The van der Waals surface area contributed by atoms with Crippen LogP contribution in [0.3, 0.4) is 0 Å². The van der Waals surface area contributed by atoms with Gasteiger partial charge in [-0.25, -0.2) is 0 Å². The van der Waals surface area contributed by atoms with Crippen molar-refractivity contribution in [3.8, 4) is 16.9 Å². The zero-order chi connectivity index (χ0) is 28.7. The standard InChI is InChI=1S/C36H43N3O2/c1-38(2)25-9-26-39(36(40)23-18-30-10-5-3-6-11-30)29-32-16-21-34(22-17-32)33-19-14-31(15-20-33)28-37-24-27-41-35-12-7-4-8-13-35/h3-8,10-17,19-22,37H,9,18,23-29H2,1-2H3. The molecule has 5 nitrogen and oxygen atoms in total. The molecule has 0 saturated carbocycles. The molecule has 0 saturated heterocycles. The SMILES string of the molecule is CN(C)CCCN(Cc1ccc(-c2ccc(CNCCOc3ccccc3)cc2)cc1)C(=O)CCc1ccccc1. The molecule has 0 aliphatic rings. The number of hydrogen-bond acceptors (Lipinski definition) is 4. The van der Waals surface area contributed by atoms with E-state index in [4.69, 9.17) is 4.74 Å². The minimum Gasteiger partial charge on any atom is -0.492 e. The van der Waals surface area contributed by atoms with E-state index in [2.05, 4.69) is 85.0 Å². The smallest absolute Gasteiger partial charge is 0.223 e. The molecule has 0 unspecified atom stereocenters. The first kappa shape index (κ1) is 30.0. The van der Waals surface area contributed by atoms with E-state index in [0.717, 1.165) is 50.3 Å². The third-order valence-corrected chi connectivity index (χ3v) is 7.09. The van der Waals surface area contributed by atoms with Gasteiger partial charge in [-0.05, 0) is 73.4 Å². The largest absolute Gasteiger partial charge is 0.492 e. The van der Waals surface area contributed by atoms with Gasteiger partial charge in [-0.2, -0.15) is 0 Å². The number of nitrogens with one attached hydrogen (secondary N) is 1. The third-order valence-electron chi connectivity index (χ3n) is 7.09. The second-order valence-corrected chi connectivity index (χ2v) is 10.7. The zero-order valence-corrected chi connectivity index (χ0v) is 24.5. The molecule has 0 aliphatic heterocycles. The van der Waals surface area contributed by atoms with Crippen LogP contribution in [0.4, 0.5) is 0 Å². The molecular weight excluding hydrogens is 506 g/mol. The van der Waals surface area contributed by atoms with Crippen molar-refractivity contribution in [1.29, 1.82) is 0 Å². The molecule has 4 aromatic rings. The van der Waals surface area contributed by atoms with Crippen molar-refractivity contribution in [2.75, 3.05) is 40.3 Å². The van der Waals surface area contributed by atoms with E-state index in [1.807, 2.05) is 53.4 Å². The van der Waals surface area contributed by atoms with E-state index in [-0.39, 0.29) is 5.91 Å². The lowest BCUT2D eigenvalue weighted by Crippen LogP contribution is -2.33. The minimum absolute atomic E-state index is 0.215. The van der Waals surface area contributed by atoms with Gasteiger partial charge in [0.25, 0.3) is 0 Å². The molecule has 0 fully saturated rings. The average Bonchev–Trinajstić information content (AvgIpc) is 3.01. The van der Waals surface area contributed by atoms with E-state index >= 15 is 0 Å². The fourth-order valence-electron chi connectivity index (χ4n) is 4.75. The first-order valence-corrected chi connectivity index (χ1v) is 14.6. The van der Waals surface area contributed by atoms with Gasteiger partial charge in [0.2, 0.25) is 5.91 Å². The van der Waals surface area contributed by atoms with Gasteiger partial charge in [-0.1, -0.05) is 97.1 Å². The molecule has 0 radical (unpaired) electrons. The van der Waals surface area contributed by atoms with Crippen molar-refractivity contribution in [2.45, 2.75) is 32.4 Å². The van der Waals surface area contributed by atoms with Gasteiger partial charge >= 0.3 is 0 Å². The molecule has 5 heteroatoms. The Morgan fingerprint density at radius 1 is 0.707 bits per heavy atom. The lowest BCUT2D eigenvalue weighted by Gasteiger charge is -2.24. The fraction of sp³-hybridized carbons (Fsp3) is 0.306. The molecule has 41 heavy (non-hydrogen) atoms. The fourth-order valence-corrected chi connectivity index (χ4v) is 4.75. The summed E-state index contributed by atoms with van der Waals surface area (Å²) in [4.78, 5) is 17.4. The van der Waals surface area contributed by atoms with Gasteiger partial charge in [0.05, 0.1) is 0 Å². The number of carbonyl (C=O) groups is 1. The summed E-state index contributed by atoms with van der Waals surface area (Å²) < 4.78 is 5.74. The Hall–Kier alpha value is -3.93. The number of aryl methyl sites for hydroxylation is 1. The van der Waals surface area contributed by atoms with Crippen molar-refractivity contribution in [1.82, 2.24) is 15.1 Å². The van der Waals surface area contributed by atoms with Crippen LogP contribution in [0.15, 0.2) is 109 Å². The summed E-state index contributed by atoms with van der Waals surface area (Å²) in [6.45, 7) is 4.61. The van der Waals surface area contributed by atoms with E-state index in [1.54, 1.807) is 0 Å². The van der Waals surface area contributed by atoms with Gasteiger partial charge in [0.1, 0.15) is 12.4 Å². The van der Waals surface area contributed by atoms with E-state index in [9.17, 15) is 4.79 Å². The van der Waals surface area contributed by atoms with Crippen LogP contribution < -0.4 is 10.1 Å². The summed E-state index contributed by atoms with van der Waals surface area (Å²) in [6.07, 6.45) is 2.27. The Bertz CT molecular complexity index is 1290. The number of amides is 1.